The zero-order valence-electron chi connectivity index (χ0n) is 17.3. The van der Waals surface area contributed by atoms with Gasteiger partial charge in [-0.05, 0) is 34.0 Å². The Morgan fingerprint density at radius 3 is 2.62 bits per heavy atom. The minimum absolute atomic E-state index is 0.133. The number of carbonyl (C=O) groups is 1. The summed E-state index contributed by atoms with van der Waals surface area (Å²) in [4.78, 5) is 30.2. The van der Waals surface area contributed by atoms with E-state index in [9.17, 15) is 14.0 Å². The molecule has 1 aliphatic rings. The average molecular weight is 446 g/mol. The molecule has 0 spiro atoms. The third-order valence-electron chi connectivity index (χ3n) is 5.78. The molecule has 1 amide bonds. The van der Waals surface area contributed by atoms with Crippen molar-refractivity contribution in [1.29, 1.82) is 0 Å². The first-order chi connectivity index (χ1) is 15.5. The maximum atomic E-state index is 13.2. The summed E-state index contributed by atoms with van der Waals surface area (Å²) in [5, 5.41) is 5.47. The van der Waals surface area contributed by atoms with Crippen molar-refractivity contribution in [3.63, 3.8) is 0 Å². The van der Waals surface area contributed by atoms with Gasteiger partial charge in [-0.2, -0.15) is 4.98 Å². The molecular weight excluding hydrogens is 425 g/mol. The summed E-state index contributed by atoms with van der Waals surface area (Å²) in [5.41, 5.74) is 2.04. The number of fused-ring (bicyclic) bond motifs is 2. The summed E-state index contributed by atoms with van der Waals surface area (Å²) in [6.45, 7) is 0. The van der Waals surface area contributed by atoms with Gasteiger partial charge in [0.2, 0.25) is 5.91 Å². The lowest BCUT2D eigenvalue weighted by Crippen LogP contribution is -2.33. The quantitative estimate of drug-likeness (QED) is 0.361. The normalized spacial score (nSPS) is 15.4. The first-order valence-electron chi connectivity index (χ1n) is 10.3. The van der Waals surface area contributed by atoms with Gasteiger partial charge in [-0.1, -0.05) is 66.4 Å². The van der Waals surface area contributed by atoms with E-state index in [2.05, 4.69) is 10.3 Å². The molecule has 7 heteroatoms. The molecule has 5 nitrogen and oxygen atoms in total. The monoisotopic (exact) mass is 445 g/mol. The third kappa shape index (κ3) is 3.69. The molecule has 1 atom stereocenters. The Labute approximate surface area is 188 Å². The fourth-order valence-electron chi connectivity index (χ4n) is 4.21. The Morgan fingerprint density at radius 2 is 1.81 bits per heavy atom. The van der Waals surface area contributed by atoms with E-state index in [1.165, 1.54) is 23.9 Å². The average Bonchev–Trinajstić information content (AvgIpc) is 2.80. The molecule has 0 saturated heterocycles. The van der Waals surface area contributed by atoms with E-state index in [4.69, 9.17) is 0 Å². The second-order valence-corrected chi connectivity index (χ2v) is 8.75. The second-order valence-electron chi connectivity index (χ2n) is 7.81. The van der Waals surface area contributed by atoms with Gasteiger partial charge >= 0.3 is 0 Å². The number of amides is 1. The van der Waals surface area contributed by atoms with Crippen LogP contribution in [-0.2, 0) is 17.6 Å². The fourth-order valence-corrected chi connectivity index (χ4v) is 5.13. The highest BCUT2D eigenvalue weighted by Gasteiger charge is 2.32. The Balaban J connectivity index is 1.57. The van der Waals surface area contributed by atoms with E-state index in [0.717, 1.165) is 21.9 Å². The molecule has 32 heavy (non-hydrogen) atoms. The molecule has 0 bridgehead atoms. The van der Waals surface area contributed by atoms with Crippen LogP contribution in [0.15, 0.2) is 76.7 Å². The van der Waals surface area contributed by atoms with Crippen molar-refractivity contribution in [2.75, 3.05) is 5.32 Å². The summed E-state index contributed by atoms with van der Waals surface area (Å²) < 4.78 is 14.9. The van der Waals surface area contributed by atoms with Gasteiger partial charge in [-0.3, -0.25) is 9.59 Å². The van der Waals surface area contributed by atoms with Crippen LogP contribution >= 0.6 is 11.8 Å². The summed E-state index contributed by atoms with van der Waals surface area (Å²) in [6.07, 6.45) is 0.194. The number of thioether (sulfide) groups is 1. The molecule has 1 N–H and O–H groups in total. The Morgan fingerprint density at radius 1 is 1.06 bits per heavy atom. The number of hydrogen-bond donors (Lipinski definition) is 1. The van der Waals surface area contributed by atoms with E-state index in [1.807, 2.05) is 42.5 Å². The van der Waals surface area contributed by atoms with E-state index in [-0.39, 0.29) is 29.6 Å². The molecule has 1 unspecified atom stereocenters. The van der Waals surface area contributed by atoms with Crippen molar-refractivity contribution in [3.8, 4) is 0 Å². The van der Waals surface area contributed by atoms with E-state index < -0.39 is 0 Å². The van der Waals surface area contributed by atoms with Crippen molar-refractivity contribution in [3.05, 3.63) is 99.6 Å². The standard InChI is InChI=1S/C25H20FN3O2S/c1-29-23-22(24(31)28-25(29)32-14-15-9-11-17(26)12-10-15)20(13-21(30)27-23)19-8-4-6-16-5-2-3-7-18(16)19/h2-12,20H,13-14H2,1H3,(H,27,30). The van der Waals surface area contributed by atoms with Crippen molar-refractivity contribution in [2.24, 2.45) is 7.05 Å². The van der Waals surface area contributed by atoms with Crippen LogP contribution in [0, 0.1) is 5.82 Å². The minimum Gasteiger partial charge on any atom is -0.312 e. The maximum Gasteiger partial charge on any atom is 0.279 e. The van der Waals surface area contributed by atoms with Crippen molar-refractivity contribution < 1.29 is 9.18 Å². The lowest BCUT2D eigenvalue weighted by molar-refractivity contribution is -0.116. The molecule has 3 aromatic carbocycles. The van der Waals surface area contributed by atoms with E-state index >= 15 is 0 Å². The Kier molecular flexibility index (Phi) is 5.27. The largest absolute Gasteiger partial charge is 0.312 e. The molecule has 1 aromatic heterocycles. The minimum atomic E-state index is -0.368. The highest BCUT2D eigenvalue weighted by atomic mass is 32.2. The highest BCUT2D eigenvalue weighted by molar-refractivity contribution is 7.98. The van der Waals surface area contributed by atoms with Gasteiger partial charge in [0.15, 0.2) is 5.16 Å². The lowest BCUT2D eigenvalue weighted by Gasteiger charge is -2.28. The molecule has 0 aliphatic carbocycles. The van der Waals surface area contributed by atoms with E-state index in [0.29, 0.717) is 22.3 Å². The first-order valence-corrected chi connectivity index (χ1v) is 11.3. The number of carbonyl (C=O) groups excluding carboxylic acids is 1. The molecule has 2 heterocycles. The predicted octanol–water partition coefficient (Wildman–Crippen LogP) is 4.84. The number of aromatic nitrogens is 2. The van der Waals surface area contributed by atoms with Gasteiger partial charge in [0.1, 0.15) is 11.6 Å². The smallest absolute Gasteiger partial charge is 0.279 e. The summed E-state index contributed by atoms with van der Waals surface area (Å²) in [7, 11) is 1.80. The maximum absolute atomic E-state index is 13.2. The number of nitrogens with zero attached hydrogens (tertiary/aromatic N) is 2. The zero-order valence-corrected chi connectivity index (χ0v) is 18.2. The van der Waals surface area contributed by atoms with Gasteiger partial charge in [0, 0.05) is 25.1 Å². The number of halogens is 1. The Hall–Kier alpha value is -3.45. The van der Waals surface area contributed by atoms with Crippen molar-refractivity contribution in [2.45, 2.75) is 23.2 Å². The molecule has 0 radical (unpaired) electrons. The number of nitrogens with one attached hydrogen (secondary N) is 1. The van der Waals surface area contributed by atoms with Crippen LogP contribution in [0.25, 0.3) is 10.8 Å². The van der Waals surface area contributed by atoms with Crippen molar-refractivity contribution in [1.82, 2.24) is 9.55 Å². The molecule has 1 aliphatic heterocycles. The van der Waals surface area contributed by atoms with Gasteiger partial charge in [-0.25, -0.2) is 4.39 Å². The molecule has 0 saturated carbocycles. The van der Waals surface area contributed by atoms with E-state index in [1.54, 1.807) is 23.7 Å². The molecule has 4 aromatic rings. The lowest BCUT2D eigenvalue weighted by atomic mass is 9.84. The number of anilines is 1. The van der Waals surface area contributed by atoms with Crippen LogP contribution in [-0.4, -0.2) is 15.5 Å². The number of rotatable bonds is 4. The SMILES string of the molecule is Cn1c(SCc2ccc(F)cc2)nc(=O)c2c1NC(=O)CC2c1cccc2ccccc12. The third-order valence-corrected chi connectivity index (χ3v) is 6.88. The van der Waals surface area contributed by atoms with Gasteiger partial charge in [-0.15, -0.1) is 0 Å². The summed E-state index contributed by atoms with van der Waals surface area (Å²) in [5.74, 6) is 0.222. The number of benzene rings is 3. The van der Waals surface area contributed by atoms with Gasteiger partial charge in [0.25, 0.3) is 5.56 Å². The van der Waals surface area contributed by atoms with Gasteiger partial charge < -0.3 is 9.88 Å². The second kappa shape index (κ2) is 8.24. The van der Waals surface area contributed by atoms with Crippen LogP contribution < -0.4 is 10.9 Å². The van der Waals surface area contributed by atoms with Crippen LogP contribution in [0.2, 0.25) is 0 Å². The summed E-state index contributed by atoms with van der Waals surface area (Å²) >= 11 is 1.37. The van der Waals surface area contributed by atoms with Gasteiger partial charge in [0.05, 0.1) is 5.56 Å². The van der Waals surface area contributed by atoms with Crippen molar-refractivity contribution >= 4 is 34.3 Å². The molecule has 160 valence electrons. The predicted molar refractivity (Wildman–Crippen MR) is 124 cm³/mol. The number of hydrogen-bond acceptors (Lipinski definition) is 4. The topological polar surface area (TPSA) is 64.0 Å². The fraction of sp³-hybridized carbons (Fsp3) is 0.160. The van der Waals surface area contributed by atoms with Crippen LogP contribution in [0.3, 0.4) is 0 Å². The molecular formula is C25H20FN3O2S. The van der Waals surface area contributed by atoms with Crippen LogP contribution in [0.5, 0.6) is 0 Å². The Bertz CT molecular complexity index is 1390. The van der Waals surface area contributed by atoms with Crippen LogP contribution in [0.1, 0.15) is 29.0 Å². The zero-order chi connectivity index (χ0) is 22.2. The molecule has 5 rings (SSSR count). The highest BCUT2D eigenvalue weighted by Crippen LogP contribution is 2.38. The first kappa shape index (κ1) is 20.5. The summed E-state index contributed by atoms with van der Waals surface area (Å²) in [6, 6.07) is 20.1. The molecule has 0 fully saturated rings. The van der Waals surface area contributed by atoms with Crippen LogP contribution in [0.4, 0.5) is 10.2 Å².